The van der Waals surface area contributed by atoms with E-state index in [9.17, 15) is 4.79 Å². The van der Waals surface area contributed by atoms with Crippen LogP contribution in [0.2, 0.25) is 0 Å². The molecule has 0 aromatic rings. The van der Waals surface area contributed by atoms with Crippen LogP contribution in [0.1, 0.15) is 66.7 Å². The molecule has 3 aliphatic carbocycles. The van der Waals surface area contributed by atoms with Gasteiger partial charge >= 0.3 is 5.97 Å². The second-order valence-corrected chi connectivity index (χ2v) is 8.45. The third kappa shape index (κ3) is 1.72. The number of carbonyl (C=O) groups excluding carboxylic acids is 1. The molecule has 0 N–H and O–H groups in total. The molecule has 0 saturated heterocycles. The van der Waals surface area contributed by atoms with Gasteiger partial charge in [-0.05, 0) is 55.3 Å². The largest absolute Gasteiger partial charge is 0.462 e. The topological polar surface area (TPSA) is 26.3 Å². The van der Waals surface area contributed by atoms with Crippen LogP contribution in [0, 0.1) is 34.5 Å². The standard InChI is InChI=1S/C18H30O2/c1-11(2)13-6-8-17(4)15-7-9-18(17,5)16(14(15)10-13)20-12(3)19/h11,13-16H,6-10H2,1-5H3/t13-,14?,15?,16?,17?,18+/m0/s1. The summed E-state index contributed by atoms with van der Waals surface area (Å²) in [5, 5.41) is 0. The van der Waals surface area contributed by atoms with Gasteiger partial charge in [0, 0.05) is 18.3 Å². The second kappa shape index (κ2) is 4.48. The van der Waals surface area contributed by atoms with E-state index in [0.717, 1.165) is 17.8 Å². The van der Waals surface area contributed by atoms with E-state index in [-0.39, 0.29) is 17.5 Å². The van der Waals surface area contributed by atoms with Crippen LogP contribution in [0.15, 0.2) is 0 Å². The summed E-state index contributed by atoms with van der Waals surface area (Å²) in [6.07, 6.45) is 6.72. The summed E-state index contributed by atoms with van der Waals surface area (Å²) in [6, 6.07) is 0. The van der Waals surface area contributed by atoms with Crippen LogP contribution in [0.25, 0.3) is 0 Å². The number of hydrogen-bond acceptors (Lipinski definition) is 2. The van der Waals surface area contributed by atoms with E-state index in [1.165, 1.54) is 32.1 Å². The highest BCUT2D eigenvalue weighted by molar-refractivity contribution is 5.66. The van der Waals surface area contributed by atoms with Crippen LogP contribution >= 0.6 is 0 Å². The lowest BCUT2D eigenvalue weighted by molar-refractivity contribution is -0.159. The Balaban J connectivity index is 1.96. The highest BCUT2D eigenvalue weighted by Gasteiger charge is 2.70. The van der Waals surface area contributed by atoms with Gasteiger partial charge in [0.2, 0.25) is 0 Å². The molecule has 0 spiro atoms. The van der Waals surface area contributed by atoms with Crippen molar-refractivity contribution in [2.75, 3.05) is 0 Å². The zero-order valence-corrected chi connectivity index (χ0v) is 13.7. The fraction of sp³-hybridized carbons (Fsp3) is 0.944. The second-order valence-electron chi connectivity index (χ2n) is 8.45. The van der Waals surface area contributed by atoms with Gasteiger partial charge in [-0.3, -0.25) is 4.79 Å². The minimum Gasteiger partial charge on any atom is -0.462 e. The summed E-state index contributed by atoms with van der Waals surface area (Å²) in [5.41, 5.74) is 0.609. The fourth-order valence-corrected chi connectivity index (χ4v) is 6.03. The predicted octanol–water partition coefficient (Wildman–Crippen LogP) is 4.43. The molecule has 0 heterocycles. The molecule has 0 amide bonds. The Kier molecular flexibility index (Phi) is 3.23. The van der Waals surface area contributed by atoms with Gasteiger partial charge in [0.05, 0.1) is 0 Å². The van der Waals surface area contributed by atoms with Crippen molar-refractivity contribution in [1.82, 2.24) is 0 Å². The Labute approximate surface area is 123 Å². The van der Waals surface area contributed by atoms with Gasteiger partial charge in [0.1, 0.15) is 6.10 Å². The van der Waals surface area contributed by atoms with Crippen molar-refractivity contribution in [3.63, 3.8) is 0 Å². The van der Waals surface area contributed by atoms with Gasteiger partial charge in [-0.1, -0.05) is 27.7 Å². The molecular weight excluding hydrogens is 248 g/mol. The smallest absolute Gasteiger partial charge is 0.302 e. The zero-order valence-electron chi connectivity index (χ0n) is 13.7. The Hall–Kier alpha value is -0.530. The number of esters is 1. The monoisotopic (exact) mass is 278 g/mol. The minimum absolute atomic E-state index is 0.0854. The van der Waals surface area contributed by atoms with Crippen LogP contribution < -0.4 is 0 Å². The van der Waals surface area contributed by atoms with Crippen molar-refractivity contribution in [2.45, 2.75) is 72.8 Å². The molecule has 20 heavy (non-hydrogen) atoms. The Bertz CT molecular complexity index is 416. The summed E-state index contributed by atoms with van der Waals surface area (Å²) < 4.78 is 5.87. The Morgan fingerprint density at radius 3 is 2.40 bits per heavy atom. The average Bonchev–Trinajstić information content (AvgIpc) is 2.61. The maximum absolute atomic E-state index is 11.6. The molecule has 3 saturated carbocycles. The van der Waals surface area contributed by atoms with Gasteiger partial charge in [-0.25, -0.2) is 0 Å². The lowest BCUT2D eigenvalue weighted by atomic mass is 9.64. The summed E-state index contributed by atoms with van der Waals surface area (Å²) in [5.74, 6) is 2.86. The van der Waals surface area contributed by atoms with Gasteiger partial charge < -0.3 is 4.74 Å². The van der Waals surface area contributed by atoms with Gasteiger partial charge in [-0.2, -0.15) is 0 Å². The van der Waals surface area contributed by atoms with Crippen LogP contribution in [-0.4, -0.2) is 12.1 Å². The van der Waals surface area contributed by atoms with E-state index in [0.29, 0.717) is 11.3 Å². The number of rotatable bonds is 2. The lowest BCUT2D eigenvalue weighted by Gasteiger charge is -2.44. The first-order chi connectivity index (χ1) is 9.29. The van der Waals surface area contributed by atoms with Crippen molar-refractivity contribution in [2.24, 2.45) is 34.5 Å². The highest BCUT2D eigenvalue weighted by atomic mass is 16.5. The summed E-state index contributed by atoms with van der Waals surface area (Å²) in [4.78, 5) is 11.6. The van der Waals surface area contributed by atoms with E-state index in [4.69, 9.17) is 4.74 Å². The van der Waals surface area contributed by atoms with E-state index < -0.39 is 0 Å². The van der Waals surface area contributed by atoms with E-state index in [2.05, 4.69) is 27.7 Å². The maximum Gasteiger partial charge on any atom is 0.302 e. The summed E-state index contributed by atoms with van der Waals surface area (Å²) in [7, 11) is 0. The molecule has 0 aromatic heterocycles. The van der Waals surface area contributed by atoms with Crippen LogP contribution in [0.4, 0.5) is 0 Å². The molecular formula is C18H30O2. The van der Waals surface area contributed by atoms with Gasteiger partial charge in [0.25, 0.3) is 0 Å². The van der Waals surface area contributed by atoms with Gasteiger partial charge in [0.15, 0.2) is 0 Å². The summed E-state index contributed by atoms with van der Waals surface area (Å²) >= 11 is 0. The average molecular weight is 278 g/mol. The maximum atomic E-state index is 11.6. The van der Waals surface area contributed by atoms with E-state index >= 15 is 0 Å². The molecule has 3 rings (SSSR count). The van der Waals surface area contributed by atoms with Crippen molar-refractivity contribution in [1.29, 1.82) is 0 Å². The highest BCUT2D eigenvalue weighted by Crippen LogP contribution is 2.72. The lowest BCUT2D eigenvalue weighted by Crippen LogP contribution is -2.43. The molecule has 114 valence electrons. The number of ether oxygens (including phenoxy) is 1. The number of carbonyl (C=O) groups is 1. The van der Waals surface area contributed by atoms with E-state index in [1.807, 2.05) is 0 Å². The molecule has 4 bridgehead atoms. The molecule has 6 atom stereocenters. The first kappa shape index (κ1) is 14.4. The first-order valence-electron chi connectivity index (χ1n) is 8.47. The molecule has 3 fully saturated rings. The van der Waals surface area contributed by atoms with Crippen LogP contribution in [-0.2, 0) is 9.53 Å². The molecule has 2 nitrogen and oxygen atoms in total. The van der Waals surface area contributed by atoms with Crippen molar-refractivity contribution in [3.05, 3.63) is 0 Å². The Morgan fingerprint density at radius 2 is 1.80 bits per heavy atom. The van der Waals surface area contributed by atoms with E-state index in [1.54, 1.807) is 6.92 Å². The Morgan fingerprint density at radius 1 is 1.15 bits per heavy atom. The van der Waals surface area contributed by atoms with Crippen molar-refractivity contribution in [3.8, 4) is 0 Å². The van der Waals surface area contributed by atoms with Crippen molar-refractivity contribution >= 4 is 5.97 Å². The molecule has 0 aliphatic heterocycles. The molecule has 2 heteroatoms. The molecule has 0 aromatic carbocycles. The predicted molar refractivity (Wildman–Crippen MR) is 80.2 cm³/mol. The first-order valence-corrected chi connectivity index (χ1v) is 8.47. The molecule has 0 radical (unpaired) electrons. The third-order valence-electron chi connectivity index (χ3n) is 7.48. The number of hydrogen-bond donors (Lipinski definition) is 0. The normalized spacial score (nSPS) is 50.3. The quantitative estimate of drug-likeness (QED) is 0.699. The molecule has 3 aliphatic rings. The molecule has 4 unspecified atom stereocenters. The van der Waals surface area contributed by atoms with Gasteiger partial charge in [-0.15, -0.1) is 0 Å². The summed E-state index contributed by atoms with van der Waals surface area (Å²) in [6.45, 7) is 11.2. The fourth-order valence-electron chi connectivity index (χ4n) is 6.03. The minimum atomic E-state index is -0.0854. The SMILES string of the molecule is CC(=O)OC1C2C[C@@H](C(C)C)CCC3(C)C2CC[C@]13C. The van der Waals surface area contributed by atoms with Crippen LogP contribution in [0.3, 0.4) is 0 Å². The van der Waals surface area contributed by atoms with Crippen LogP contribution in [0.5, 0.6) is 0 Å². The van der Waals surface area contributed by atoms with Crippen molar-refractivity contribution < 1.29 is 9.53 Å². The third-order valence-corrected chi connectivity index (χ3v) is 7.48. The zero-order chi connectivity index (χ0) is 14.7.